The van der Waals surface area contributed by atoms with Gasteiger partial charge in [0.1, 0.15) is 5.16 Å². The number of nitrogens with zero attached hydrogens (tertiary/aromatic N) is 1. The van der Waals surface area contributed by atoms with Gasteiger partial charge < -0.3 is 5.32 Å². The van der Waals surface area contributed by atoms with Crippen LogP contribution < -0.4 is 5.32 Å². The van der Waals surface area contributed by atoms with Crippen molar-refractivity contribution in [2.75, 3.05) is 0 Å². The van der Waals surface area contributed by atoms with Crippen LogP contribution in [0.5, 0.6) is 0 Å². The molecule has 0 aromatic rings. The van der Waals surface area contributed by atoms with Crippen molar-refractivity contribution in [1.29, 1.82) is 0 Å². The quantitative estimate of drug-likeness (QED) is 0.417. The summed E-state index contributed by atoms with van der Waals surface area (Å²) >= 11 is 11.0. The molecule has 1 aliphatic heterocycles. The van der Waals surface area contributed by atoms with Gasteiger partial charge in [-0.25, -0.2) is 4.42 Å². The predicted octanol–water partition coefficient (Wildman–Crippen LogP) is 1.55. The molecule has 1 heterocycles. The number of hydrogen-bond acceptors (Lipinski definition) is 2. The summed E-state index contributed by atoms with van der Waals surface area (Å²) in [5.74, 6) is 0. The minimum Gasteiger partial charge on any atom is -0.364 e. The monoisotopic (exact) mass is 150 g/mol. The van der Waals surface area contributed by atoms with Crippen molar-refractivity contribution in [3.8, 4) is 0 Å². The van der Waals surface area contributed by atoms with Crippen molar-refractivity contribution in [3.63, 3.8) is 0 Å². The van der Waals surface area contributed by atoms with Crippen LogP contribution in [0.25, 0.3) is 0 Å². The van der Waals surface area contributed by atoms with Crippen molar-refractivity contribution in [1.82, 2.24) is 9.74 Å². The van der Waals surface area contributed by atoms with Gasteiger partial charge in [-0.1, -0.05) is 11.6 Å². The number of rotatable bonds is 0. The van der Waals surface area contributed by atoms with Crippen LogP contribution in [0.4, 0.5) is 0 Å². The van der Waals surface area contributed by atoms with Crippen LogP contribution in [-0.2, 0) is 0 Å². The molecule has 0 aliphatic carbocycles. The van der Waals surface area contributed by atoms with E-state index in [0.717, 1.165) is 0 Å². The van der Waals surface area contributed by atoms with Crippen LogP contribution in [-0.4, -0.2) is 4.42 Å². The van der Waals surface area contributed by atoms with Gasteiger partial charge in [-0.2, -0.15) is 0 Å². The Balaban J connectivity index is 2.63. The lowest BCUT2D eigenvalue weighted by molar-refractivity contribution is 0.763. The lowest BCUT2D eigenvalue weighted by atomic mass is 10.7. The third-order valence-electron chi connectivity index (χ3n) is 0.708. The second-order valence-electron chi connectivity index (χ2n) is 1.26. The van der Waals surface area contributed by atoms with Crippen molar-refractivity contribution in [2.24, 2.45) is 0 Å². The highest BCUT2D eigenvalue weighted by Gasteiger charge is 2.00. The molecule has 0 atom stereocenters. The molecule has 1 rings (SSSR count). The lowest BCUT2D eigenvalue weighted by Gasteiger charge is -2.11. The fourth-order valence-electron chi connectivity index (χ4n) is 0.358. The van der Waals surface area contributed by atoms with Crippen LogP contribution in [0.3, 0.4) is 0 Å². The molecule has 44 valence electrons. The van der Waals surface area contributed by atoms with E-state index in [0.29, 0.717) is 5.16 Å². The van der Waals surface area contributed by atoms with E-state index in [1.165, 1.54) is 4.42 Å². The van der Waals surface area contributed by atoms with E-state index in [4.69, 9.17) is 23.4 Å². The van der Waals surface area contributed by atoms with E-state index in [1.807, 2.05) is 0 Å². The maximum absolute atomic E-state index is 5.51. The molecule has 0 fully saturated rings. The van der Waals surface area contributed by atoms with Crippen LogP contribution in [0, 0.1) is 0 Å². The van der Waals surface area contributed by atoms with E-state index in [-0.39, 0.29) is 0 Å². The Kier molecular flexibility index (Phi) is 1.65. The van der Waals surface area contributed by atoms with E-state index in [2.05, 4.69) is 5.32 Å². The smallest absolute Gasteiger partial charge is 0.139 e. The Morgan fingerprint density at radius 3 is 2.75 bits per heavy atom. The van der Waals surface area contributed by atoms with E-state index >= 15 is 0 Å². The molecule has 0 bridgehead atoms. The predicted molar refractivity (Wildman–Crippen MR) is 33.9 cm³/mol. The summed E-state index contributed by atoms with van der Waals surface area (Å²) in [6.45, 7) is 0. The zero-order valence-corrected chi connectivity index (χ0v) is 5.45. The summed E-state index contributed by atoms with van der Waals surface area (Å²) in [6, 6.07) is 0. The Bertz CT molecular complexity index is 141. The second kappa shape index (κ2) is 2.29. The zero-order chi connectivity index (χ0) is 5.98. The van der Waals surface area contributed by atoms with Gasteiger partial charge in [0, 0.05) is 30.4 Å². The first-order valence-corrected chi connectivity index (χ1v) is 2.76. The van der Waals surface area contributed by atoms with Crippen LogP contribution in [0.2, 0.25) is 0 Å². The normalized spacial score (nSPS) is 17.8. The van der Waals surface area contributed by atoms with Gasteiger partial charge in [-0.05, 0) is 0 Å². The molecule has 0 spiro atoms. The molecule has 1 aliphatic rings. The minimum atomic E-state index is 0.467. The Labute approximate surface area is 57.5 Å². The molecule has 4 heteroatoms. The van der Waals surface area contributed by atoms with Gasteiger partial charge in [0.2, 0.25) is 0 Å². The lowest BCUT2D eigenvalue weighted by Crippen LogP contribution is -2.09. The summed E-state index contributed by atoms with van der Waals surface area (Å²) < 4.78 is 1.29. The largest absolute Gasteiger partial charge is 0.364 e. The summed E-state index contributed by atoms with van der Waals surface area (Å²) in [7, 11) is 0. The maximum atomic E-state index is 5.51. The van der Waals surface area contributed by atoms with Gasteiger partial charge in [0.15, 0.2) is 0 Å². The highest BCUT2D eigenvalue weighted by molar-refractivity contribution is 6.33. The third kappa shape index (κ3) is 1.08. The molecule has 0 saturated carbocycles. The van der Waals surface area contributed by atoms with Crippen molar-refractivity contribution in [2.45, 2.75) is 0 Å². The van der Waals surface area contributed by atoms with E-state index < -0.39 is 0 Å². The van der Waals surface area contributed by atoms with Crippen LogP contribution in [0.15, 0.2) is 23.8 Å². The van der Waals surface area contributed by atoms with E-state index in [1.54, 1.807) is 18.6 Å². The fraction of sp³-hybridized carbons (Fsp3) is 0. The van der Waals surface area contributed by atoms with Gasteiger partial charge in [0.25, 0.3) is 0 Å². The molecule has 0 aromatic carbocycles. The third-order valence-corrected chi connectivity index (χ3v) is 1.38. The Morgan fingerprint density at radius 1 is 1.62 bits per heavy atom. The van der Waals surface area contributed by atoms with Crippen LogP contribution in [0.1, 0.15) is 0 Å². The fourth-order valence-corrected chi connectivity index (χ4v) is 0.583. The molecule has 0 radical (unpaired) electrons. The molecule has 1 N–H and O–H groups in total. The Hall–Kier alpha value is -0.340. The average molecular weight is 151 g/mol. The highest BCUT2D eigenvalue weighted by atomic mass is 35.5. The van der Waals surface area contributed by atoms with Gasteiger partial charge >= 0.3 is 0 Å². The maximum Gasteiger partial charge on any atom is 0.139 e. The standard InChI is InChI=1S/C4H4Cl2N2/c5-4-3-7-1-2-8(4)6/h1-3,7H. The first kappa shape index (κ1) is 5.79. The first-order chi connectivity index (χ1) is 3.80. The van der Waals surface area contributed by atoms with Gasteiger partial charge in [-0.3, -0.25) is 0 Å². The minimum absolute atomic E-state index is 0.467. The summed E-state index contributed by atoms with van der Waals surface area (Å²) in [5, 5.41) is 3.23. The van der Waals surface area contributed by atoms with Gasteiger partial charge in [-0.15, -0.1) is 0 Å². The highest BCUT2D eigenvalue weighted by Crippen LogP contribution is 2.13. The van der Waals surface area contributed by atoms with Gasteiger partial charge in [0.05, 0.1) is 0 Å². The van der Waals surface area contributed by atoms with Crippen molar-refractivity contribution < 1.29 is 0 Å². The molecule has 0 unspecified atom stereocenters. The molecular weight excluding hydrogens is 147 g/mol. The Morgan fingerprint density at radius 2 is 2.38 bits per heavy atom. The molecule has 0 amide bonds. The van der Waals surface area contributed by atoms with Crippen molar-refractivity contribution >= 4 is 23.4 Å². The first-order valence-electron chi connectivity index (χ1n) is 2.04. The molecule has 0 saturated heterocycles. The van der Waals surface area contributed by atoms with Crippen molar-refractivity contribution in [3.05, 3.63) is 23.8 Å². The number of nitrogens with one attached hydrogen (secondary N) is 1. The summed E-state index contributed by atoms with van der Waals surface area (Å²) in [4.78, 5) is 0. The second-order valence-corrected chi connectivity index (χ2v) is 2.01. The molecular formula is C4H4Cl2N2. The number of halogens is 2. The SMILES string of the molecule is ClC1=CNC=CN1Cl. The summed E-state index contributed by atoms with van der Waals surface area (Å²) in [5.41, 5.74) is 0. The summed E-state index contributed by atoms with van der Waals surface area (Å²) in [6.07, 6.45) is 4.89. The molecule has 2 nitrogen and oxygen atoms in total. The average Bonchev–Trinajstić information content (AvgIpc) is 1.77. The number of hydrogen-bond donors (Lipinski definition) is 1. The molecule has 8 heavy (non-hydrogen) atoms. The van der Waals surface area contributed by atoms with E-state index in [9.17, 15) is 0 Å². The zero-order valence-electron chi connectivity index (χ0n) is 3.94. The molecule has 0 aromatic heterocycles. The topological polar surface area (TPSA) is 15.3 Å². The van der Waals surface area contributed by atoms with Crippen LogP contribution >= 0.6 is 23.4 Å².